The third kappa shape index (κ3) is 5.20. The van der Waals surface area contributed by atoms with E-state index in [9.17, 15) is 18.0 Å². The number of esters is 1. The van der Waals surface area contributed by atoms with Gasteiger partial charge in [0.15, 0.2) is 16.4 Å². The molecule has 2 rings (SSSR count). The van der Waals surface area contributed by atoms with Gasteiger partial charge in [0.1, 0.15) is 0 Å². The second-order valence-electron chi connectivity index (χ2n) is 6.66. The van der Waals surface area contributed by atoms with Gasteiger partial charge in [0.05, 0.1) is 17.1 Å². The number of ether oxygens (including phenoxy) is 1. The molecule has 0 spiro atoms. The van der Waals surface area contributed by atoms with Crippen molar-refractivity contribution in [2.75, 3.05) is 43.7 Å². The Morgan fingerprint density at radius 1 is 1.19 bits per heavy atom. The molecule has 0 unspecified atom stereocenters. The van der Waals surface area contributed by atoms with Crippen molar-refractivity contribution < 1.29 is 22.7 Å². The number of carbonyl (C=O) groups is 2. The Morgan fingerprint density at radius 2 is 1.85 bits per heavy atom. The second kappa shape index (κ2) is 8.53. The molecule has 0 radical (unpaired) electrons. The second-order valence-corrected chi connectivity index (χ2v) is 8.89. The van der Waals surface area contributed by atoms with Gasteiger partial charge in [-0.25, -0.2) is 13.2 Å². The van der Waals surface area contributed by atoms with Crippen LogP contribution in [0.4, 0.5) is 5.69 Å². The van der Waals surface area contributed by atoms with Crippen molar-refractivity contribution >= 4 is 27.4 Å². The molecule has 1 fully saturated rings. The summed E-state index contributed by atoms with van der Waals surface area (Å²) in [5.41, 5.74) is 1.32. The first-order valence-corrected chi connectivity index (χ1v) is 10.5. The van der Waals surface area contributed by atoms with Crippen molar-refractivity contribution in [3.63, 3.8) is 0 Å². The normalized spacial score (nSPS) is 18.3. The highest BCUT2D eigenvalue weighted by Crippen LogP contribution is 2.19. The minimum absolute atomic E-state index is 0.0152. The van der Waals surface area contributed by atoms with Crippen LogP contribution in [0.3, 0.4) is 0 Å². The fraction of sp³-hybridized carbons (Fsp3) is 0.556. The lowest BCUT2D eigenvalue weighted by Gasteiger charge is -2.27. The average Bonchev–Trinajstić information content (AvgIpc) is 2.96. The van der Waals surface area contributed by atoms with E-state index in [0.717, 1.165) is 5.69 Å². The Balaban J connectivity index is 1.95. The third-order valence-electron chi connectivity index (χ3n) is 4.38. The van der Waals surface area contributed by atoms with Crippen LogP contribution in [0.1, 0.15) is 30.1 Å². The van der Waals surface area contributed by atoms with E-state index in [1.165, 1.54) is 4.90 Å². The number of benzene rings is 1. The largest absolute Gasteiger partial charge is 0.452 e. The van der Waals surface area contributed by atoms with E-state index in [2.05, 4.69) is 0 Å². The van der Waals surface area contributed by atoms with Crippen molar-refractivity contribution in [3.8, 4) is 0 Å². The van der Waals surface area contributed by atoms with E-state index < -0.39 is 15.8 Å². The maximum atomic E-state index is 12.5. The summed E-state index contributed by atoms with van der Waals surface area (Å²) in [4.78, 5) is 28.0. The first-order valence-electron chi connectivity index (χ1n) is 8.68. The summed E-state index contributed by atoms with van der Waals surface area (Å²) in [6.45, 7) is 1.99. The van der Waals surface area contributed by atoms with Crippen LogP contribution in [-0.4, -0.2) is 70.0 Å². The van der Waals surface area contributed by atoms with Crippen molar-refractivity contribution in [2.45, 2.75) is 25.8 Å². The monoisotopic (exact) mass is 382 g/mol. The van der Waals surface area contributed by atoms with Gasteiger partial charge < -0.3 is 14.5 Å². The van der Waals surface area contributed by atoms with Gasteiger partial charge in [0.25, 0.3) is 5.91 Å². The summed E-state index contributed by atoms with van der Waals surface area (Å²) in [5, 5.41) is 0. The smallest absolute Gasteiger partial charge is 0.338 e. The number of sulfone groups is 1. The lowest BCUT2D eigenvalue weighted by molar-refractivity contribution is -0.136. The zero-order chi connectivity index (χ0) is 19.3. The highest BCUT2D eigenvalue weighted by Gasteiger charge is 2.34. The van der Waals surface area contributed by atoms with Gasteiger partial charge in [-0.15, -0.1) is 0 Å². The molecule has 1 aromatic carbocycles. The van der Waals surface area contributed by atoms with Crippen LogP contribution in [0.5, 0.6) is 0 Å². The lowest BCUT2D eigenvalue weighted by atomic mass is 10.2. The summed E-state index contributed by atoms with van der Waals surface area (Å²) in [6.07, 6.45) is 1.15. The summed E-state index contributed by atoms with van der Waals surface area (Å²) >= 11 is 0. The Bertz CT molecular complexity index is 743. The molecular formula is C18H26N2O5S. The van der Waals surface area contributed by atoms with Gasteiger partial charge in [0, 0.05) is 32.4 Å². The number of rotatable bonds is 7. The van der Waals surface area contributed by atoms with Crippen molar-refractivity contribution in [3.05, 3.63) is 29.8 Å². The predicted octanol–water partition coefficient (Wildman–Crippen LogP) is 1.34. The van der Waals surface area contributed by atoms with Gasteiger partial charge in [-0.1, -0.05) is 6.92 Å². The molecule has 8 heteroatoms. The molecule has 144 valence electrons. The Labute approximate surface area is 154 Å². The molecular weight excluding hydrogens is 356 g/mol. The molecule has 0 saturated carbocycles. The van der Waals surface area contributed by atoms with Crippen LogP contribution >= 0.6 is 0 Å². The van der Waals surface area contributed by atoms with Crippen LogP contribution in [0, 0.1) is 0 Å². The molecule has 0 aromatic heterocycles. The maximum Gasteiger partial charge on any atom is 0.338 e. The van der Waals surface area contributed by atoms with Crippen molar-refractivity contribution in [1.82, 2.24) is 4.90 Å². The maximum absolute atomic E-state index is 12.5. The first-order chi connectivity index (χ1) is 12.2. The fourth-order valence-corrected chi connectivity index (χ4v) is 4.69. The highest BCUT2D eigenvalue weighted by atomic mass is 32.2. The average molecular weight is 382 g/mol. The molecule has 0 N–H and O–H groups in total. The van der Waals surface area contributed by atoms with E-state index in [-0.39, 0.29) is 30.1 Å². The summed E-state index contributed by atoms with van der Waals surface area (Å²) in [7, 11) is 0.717. The van der Waals surface area contributed by atoms with Gasteiger partial charge >= 0.3 is 5.97 Å². The highest BCUT2D eigenvalue weighted by molar-refractivity contribution is 7.91. The van der Waals surface area contributed by atoms with Gasteiger partial charge in [0.2, 0.25) is 0 Å². The number of hydrogen-bond donors (Lipinski definition) is 0. The van der Waals surface area contributed by atoms with E-state index in [1.807, 2.05) is 25.9 Å². The molecule has 0 bridgehead atoms. The van der Waals surface area contributed by atoms with Crippen LogP contribution in [0.25, 0.3) is 0 Å². The Hall–Kier alpha value is -2.09. The number of anilines is 1. The summed E-state index contributed by atoms with van der Waals surface area (Å²) in [6, 6.07) is 6.56. The SMILES string of the molecule is CCCN(C(=O)COC(=O)c1ccc(N(C)C)cc1)[C@@H]1CCS(=O)(=O)C1. The Kier molecular flexibility index (Phi) is 6.63. The zero-order valence-electron chi connectivity index (χ0n) is 15.5. The molecule has 1 atom stereocenters. The standard InChI is InChI=1S/C18H26N2O5S/c1-4-10-20(16-9-11-26(23,24)13-16)17(21)12-25-18(22)14-5-7-15(8-6-14)19(2)3/h5-8,16H,4,9-13H2,1-3H3/t16-/m1/s1. The van der Waals surface area contributed by atoms with Gasteiger partial charge in [-0.3, -0.25) is 4.79 Å². The van der Waals surface area contributed by atoms with Crippen molar-refractivity contribution in [1.29, 1.82) is 0 Å². The Morgan fingerprint density at radius 3 is 2.35 bits per heavy atom. The molecule has 0 aliphatic carbocycles. The molecule has 26 heavy (non-hydrogen) atoms. The van der Waals surface area contributed by atoms with Crippen LogP contribution in [-0.2, 0) is 19.4 Å². The molecule has 1 aliphatic rings. The van der Waals surface area contributed by atoms with E-state index >= 15 is 0 Å². The molecule has 1 saturated heterocycles. The van der Waals surface area contributed by atoms with Crippen LogP contribution < -0.4 is 4.90 Å². The minimum Gasteiger partial charge on any atom is -0.452 e. The molecule has 1 aromatic rings. The molecule has 1 amide bonds. The van der Waals surface area contributed by atoms with Crippen molar-refractivity contribution in [2.24, 2.45) is 0 Å². The number of hydrogen-bond acceptors (Lipinski definition) is 6. The van der Waals surface area contributed by atoms with E-state index in [4.69, 9.17) is 4.74 Å². The number of nitrogens with zero attached hydrogens (tertiary/aromatic N) is 2. The fourth-order valence-electron chi connectivity index (χ4n) is 2.96. The van der Waals surface area contributed by atoms with Gasteiger partial charge in [-0.2, -0.15) is 0 Å². The summed E-state index contributed by atoms with van der Waals surface area (Å²) in [5.74, 6) is -0.839. The number of amides is 1. The number of carbonyl (C=O) groups excluding carboxylic acids is 2. The third-order valence-corrected chi connectivity index (χ3v) is 6.13. The van der Waals surface area contributed by atoms with Crippen LogP contribution in [0.15, 0.2) is 24.3 Å². The first kappa shape index (κ1) is 20.2. The quantitative estimate of drug-likeness (QED) is 0.662. The predicted molar refractivity (Wildman–Crippen MR) is 100 cm³/mol. The molecule has 7 nitrogen and oxygen atoms in total. The van der Waals surface area contributed by atoms with E-state index in [0.29, 0.717) is 24.9 Å². The lowest BCUT2D eigenvalue weighted by Crippen LogP contribution is -2.43. The van der Waals surface area contributed by atoms with Crippen LogP contribution in [0.2, 0.25) is 0 Å². The van der Waals surface area contributed by atoms with Gasteiger partial charge in [-0.05, 0) is 37.1 Å². The summed E-state index contributed by atoms with van der Waals surface area (Å²) < 4.78 is 28.5. The van der Waals surface area contributed by atoms with E-state index in [1.54, 1.807) is 24.3 Å². The zero-order valence-corrected chi connectivity index (χ0v) is 16.3. The minimum atomic E-state index is -3.08. The topological polar surface area (TPSA) is 84.0 Å². The molecule has 1 heterocycles. The molecule has 1 aliphatic heterocycles.